The van der Waals surface area contributed by atoms with Crippen LogP contribution >= 0.6 is 11.8 Å². The molecule has 2 aromatic rings. The molecular formula is C21H28N4OS. The van der Waals surface area contributed by atoms with Gasteiger partial charge in [-0.3, -0.25) is 4.79 Å². The number of carbonyl (C=O) groups is 1. The Morgan fingerprint density at radius 3 is 2.70 bits per heavy atom. The van der Waals surface area contributed by atoms with Crippen LogP contribution in [0.2, 0.25) is 0 Å². The topological polar surface area (TPSA) is 51.0 Å². The van der Waals surface area contributed by atoms with Crippen molar-refractivity contribution in [1.29, 1.82) is 0 Å². The first kappa shape index (κ1) is 18.5. The Kier molecular flexibility index (Phi) is 5.26. The Morgan fingerprint density at radius 2 is 1.93 bits per heavy atom. The first-order valence-corrected chi connectivity index (χ1v) is 10.9. The Morgan fingerprint density at radius 1 is 1.19 bits per heavy atom. The van der Waals surface area contributed by atoms with Gasteiger partial charge in [0.05, 0.1) is 5.25 Å². The van der Waals surface area contributed by atoms with E-state index in [-0.39, 0.29) is 17.2 Å². The van der Waals surface area contributed by atoms with Gasteiger partial charge in [-0.1, -0.05) is 49.2 Å². The molecular weight excluding hydrogens is 356 g/mol. The number of rotatable bonds is 4. The van der Waals surface area contributed by atoms with Gasteiger partial charge in [-0.05, 0) is 51.7 Å². The van der Waals surface area contributed by atoms with Crippen LogP contribution in [0, 0.1) is 6.92 Å². The molecule has 2 unspecified atom stereocenters. The molecule has 1 aromatic carbocycles. The fourth-order valence-electron chi connectivity index (χ4n) is 4.50. The fraction of sp³-hybridized carbons (Fsp3) is 0.571. The van der Waals surface area contributed by atoms with Gasteiger partial charge in [-0.2, -0.15) is 0 Å². The third kappa shape index (κ3) is 3.51. The van der Waals surface area contributed by atoms with Gasteiger partial charge in [0.1, 0.15) is 5.82 Å². The Labute approximate surface area is 165 Å². The largest absolute Gasteiger partial charge is 0.308 e. The van der Waals surface area contributed by atoms with E-state index in [4.69, 9.17) is 0 Å². The minimum absolute atomic E-state index is 0.160. The van der Waals surface area contributed by atoms with Crippen LogP contribution in [0.15, 0.2) is 29.4 Å². The number of benzene rings is 1. The lowest BCUT2D eigenvalue weighted by Crippen LogP contribution is -2.40. The summed E-state index contributed by atoms with van der Waals surface area (Å²) in [5.41, 5.74) is 2.32. The average molecular weight is 385 g/mol. The number of hydrogen-bond acceptors (Lipinski definition) is 4. The molecule has 0 bridgehead atoms. The summed E-state index contributed by atoms with van der Waals surface area (Å²) in [4.78, 5) is 15.2. The molecule has 6 heteroatoms. The summed E-state index contributed by atoms with van der Waals surface area (Å²) >= 11 is 1.55. The van der Waals surface area contributed by atoms with Crippen LogP contribution in [0.1, 0.15) is 63.4 Å². The third-order valence-electron chi connectivity index (χ3n) is 5.85. The first-order chi connectivity index (χ1) is 13.1. The Bertz CT molecular complexity index is 827. The number of fused-ring (bicyclic) bond motifs is 1. The molecule has 2 atom stereocenters. The number of anilines is 1. The number of hydrogen-bond donors (Lipinski definition) is 0. The zero-order valence-corrected chi connectivity index (χ0v) is 17.2. The van der Waals surface area contributed by atoms with E-state index < -0.39 is 0 Å². The van der Waals surface area contributed by atoms with Crippen molar-refractivity contribution in [3.63, 3.8) is 0 Å². The highest BCUT2D eigenvalue weighted by Gasteiger charge is 2.34. The van der Waals surface area contributed by atoms with Crippen molar-refractivity contribution in [2.24, 2.45) is 0 Å². The van der Waals surface area contributed by atoms with Gasteiger partial charge in [0.2, 0.25) is 5.91 Å². The smallest absolute Gasteiger partial charge is 0.240 e. The normalized spacial score (nSPS) is 21.3. The molecule has 1 aromatic heterocycles. The van der Waals surface area contributed by atoms with Crippen LogP contribution in [0.4, 0.5) is 5.69 Å². The summed E-state index contributed by atoms with van der Waals surface area (Å²) in [7, 11) is 0. The number of amides is 1. The molecule has 0 saturated heterocycles. The molecule has 1 saturated carbocycles. The van der Waals surface area contributed by atoms with Gasteiger partial charge in [0, 0.05) is 17.8 Å². The molecule has 0 spiro atoms. The number of carbonyl (C=O) groups excluding carboxylic acids is 1. The van der Waals surface area contributed by atoms with Crippen molar-refractivity contribution in [3.05, 3.63) is 35.7 Å². The van der Waals surface area contributed by atoms with Crippen molar-refractivity contribution in [2.75, 3.05) is 4.90 Å². The van der Waals surface area contributed by atoms with Gasteiger partial charge in [-0.25, -0.2) is 0 Å². The van der Waals surface area contributed by atoms with E-state index in [2.05, 4.69) is 33.8 Å². The molecule has 2 heterocycles. The molecule has 4 rings (SSSR count). The first-order valence-electron chi connectivity index (χ1n) is 10.1. The SMILES string of the molecule is Cc1nnc(SC(C)C(=O)N2c3ccccc3CC2C)n1C1CCCCC1. The predicted molar refractivity (Wildman–Crippen MR) is 109 cm³/mol. The van der Waals surface area contributed by atoms with Crippen molar-refractivity contribution >= 4 is 23.4 Å². The minimum atomic E-state index is -0.190. The zero-order valence-electron chi connectivity index (χ0n) is 16.4. The second kappa shape index (κ2) is 7.66. The summed E-state index contributed by atoms with van der Waals surface area (Å²) < 4.78 is 2.27. The molecule has 27 heavy (non-hydrogen) atoms. The van der Waals surface area contributed by atoms with E-state index in [0.29, 0.717) is 6.04 Å². The number of thioether (sulfide) groups is 1. The van der Waals surface area contributed by atoms with E-state index in [1.54, 1.807) is 11.8 Å². The Balaban J connectivity index is 1.53. The van der Waals surface area contributed by atoms with Crippen molar-refractivity contribution < 1.29 is 4.79 Å². The van der Waals surface area contributed by atoms with E-state index in [1.807, 2.05) is 30.9 Å². The summed E-state index contributed by atoms with van der Waals surface area (Å²) in [5.74, 6) is 1.12. The maximum atomic E-state index is 13.3. The summed E-state index contributed by atoms with van der Waals surface area (Å²) in [5, 5.41) is 9.43. The molecule has 0 N–H and O–H groups in total. The van der Waals surface area contributed by atoms with Gasteiger partial charge < -0.3 is 9.47 Å². The van der Waals surface area contributed by atoms with E-state index in [0.717, 1.165) is 23.1 Å². The van der Waals surface area contributed by atoms with Gasteiger partial charge in [0.15, 0.2) is 5.16 Å². The number of nitrogens with zero attached hydrogens (tertiary/aromatic N) is 4. The lowest BCUT2D eigenvalue weighted by atomic mass is 9.95. The zero-order chi connectivity index (χ0) is 19.0. The number of aromatic nitrogens is 3. The van der Waals surface area contributed by atoms with Crippen molar-refractivity contribution in [1.82, 2.24) is 14.8 Å². The van der Waals surface area contributed by atoms with Crippen LogP contribution < -0.4 is 4.90 Å². The average Bonchev–Trinajstić information content (AvgIpc) is 3.20. The Hall–Kier alpha value is -1.82. The highest BCUT2D eigenvalue weighted by Crippen LogP contribution is 2.36. The molecule has 2 aliphatic rings. The second-order valence-electron chi connectivity index (χ2n) is 7.84. The maximum absolute atomic E-state index is 13.3. The van der Waals surface area contributed by atoms with Gasteiger partial charge in [0.25, 0.3) is 0 Å². The summed E-state index contributed by atoms with van der Waals surface area (Å²) in [6.45, 7) is 6.15. The highest BCUT2D eigenvalue weighted by atomic mass is 32.2. The van der Waals surface area contributed by atoms with Crippen LogP contribution in [0.3, 0.4) is 0 Å². The fourth-order valence-corrected chi connectivity index (χ4v) is 5.51. The molecule has 1 aliphatic carbocycles. The predicted octanol–water partition coefficient (Wildman–Crippen LogP) is 4.55. The van der Waals surface area contributed by atoms with Crippen molar-refractivity contribution in [3.8, 4) is 0 Å². The second-order valence-corrected chi connectivity index (χ2v) is 9.15. The van der Waals surface area contributed by atoms with Crippen LogP contribution in [0.25, 0.3) is 0 Å². The lowest BCUT2D eigenvalue weighted by molar-refractivity contribution is -0.118. The van der Waals surface area contributed by atoms with E-state index >= 15 is 0 Å². The summed E-state index contributed by atoms with van der Waals surface area (Å²) in [6, 6.07) is 8.93. The minimum Gasteiger partial charge on any atom is -0.308 e. The molecule has 144 valence electrons. The number of aryl methyl sites for hydroxylation is 1. The van der Waals surface area contributed by atoms with E-state index in [1.165, 1.54) is 37.7 Å². The molecule has 0 radical (unpaired) electrons. The van der Waals surface area contributed by atoms with Crippen LogP contribution in [0.5, 0.6) is 0 Å². The summed E-state index contributed by atoms with van der Waals surface area (Å²) in [6.07, 6.45) is 7.15. The highest BCUT2D eigenvalue weighted by molar-refractivity contribution is 8.00. The lowest BCUT2D eigenvalue weighted by Gasteiger charge is -2.27. The van der Waals surface area contributed by atoms with Crippen LogP contribution in [-0.4, -0.2) is 32.0 Å². The van der Waals surface area contributed by atoms with E-state index in [9.17, 15) is 4.79 Å². The quantitative estimate of drug-likeness (QED) is 0.726. The molecule has 1 aliphatic heterocycles. The van der Waals surface area contributed by atoms with Crippen molar-refractivity contribution in [2.45, 2.75) is 81.8 Å². The molecule has 1 amide bonds. The van der Waals surface area contributed by atoms with Gasteiger partial charge in [-0.15, -0.1) is 10.2 Å². The van der Waals surface area contributed by atoms with Gasteiger partial charge >= 0.3 is 0 Å². The maximum Gasteiger partial charge on any atom is 0.240 e. The molecule has 1 fully saturated rings. The third-order valence-corrected chi connectivity index (χ3v) is 6.89. The standard InChI is InChI=1S/C21H28N4OS/c1-14-13-17-9-7-8-12-19(17)24(14)20(26)15(2)27-21-23-22-16(3)25(21)18-10-5-4-6-11-18/h7-9,12,14-15,18H,4-6,10-11,13H2,1-3H3. The molecule has 5 nitrogen and oxygen atoms in total. The number of para-hydroxylation sites is 1. The van der Waals surface area contributed by atoms with Crippen LogP contribution in [-0.2, 0) is 11.2 Å². The monoisotopic (exact) mass is 384 g/mol.